The minimum Gasteiger partial charge on any atom is -0.437 e. The maximum Gasteiger partial charge on any atom is 0.269 e. The highest BCUT2D eigenvalue weighted by atomic mass is 35.5. The number of nitriles is 1. The van der Waals surface area contributed by atoms with Crippen molar-refractivity contribution in [1.29, 1.82) is 5.26 Å². The van der Waals surface area contributed by atoms with Crippen molar-refractivity contribution in [2.45, 2.75) is 38.1 Å². The highest BCUT2D eigenvalue weighted by molar-refractivity contribution is 6.35. The molecular formula is C24H20Cl2N4O3. The maximum atomic E-state index is 13.2. The summed E-state index contributed by atoms with van der Waals surface area (Å²) in [6.07, 6.45) is 7.71. The lowest BCUT2D eigenvalue weighted by molar-refractivity contribution is -0.117. The van der Waals surface area contributed by atoms with Gasteiger partial charge in [0.15, 0.2) is 0 Å². The van der Waals surface area contributed by atoms with Crippen LogP contribution in [-0.4, -0.2) is 21.3 Å². The van der Waals surface area contributed by atoms with E-state index < -0.39 is 11.5 Å². The van der Waals surface area contributed by atoms with Crippen molar-refractivity contribution in [1.82, 2.24) is 14.7 Å². The van der Waals surface area contributed by atoms with Gasteiger partial charge in [-0.05, 0) is 49.2 Å². The number of pyridine rings is 1. The van der Waals surface area contributed by atoms with E-state index in [-0.39, 0.29) is 33.8 Å². The van der Waals surface area contributed by atoms with E-state index in [2.05, 4.69) is 10.3 Å². The minimum atomic E-state index is -0.530. The molecule has 1 N–H and O–H groups in total. The Morgan fingerprint density at radius 1 is 1.21 bits per heavy atom. The second kappa shape index (κ2) is 10.1. The number of hydrogen-bond donors (Lipinski definition) is 1. The predicted molar refractivity (Wildman–Crippen MR) is 127 cm³/mol. The number of amides is 1. The van der Waals surface area contributed by atoms with Crippen LogP contribution in [-0.2, 0) is 4.79 Å². The van der Waals surface area contributed by atoms with Crippen LogP contribution in [0.4, 0.5) is 0 Å². The number of rotatable bonds is 5. The third kappa shape index (κ3) is 5.19. The first-order valence-corrected chi connectivity index (χ1v) is 11.3. The van der Waals surface area contributed by atoms with Gasteiger partial charge in [0, 0.05) is 17.3 Å². The Labute approximate surface area is 200 Å². The number of halogens is 2. The van der Waals surface area contributed by atoms with Crippen LogP contribution in [0.3, 0.4) is 0 Å². The lowest BCUT2D eigenvalue weighted by Crippen LogP contribution is -2.36. The monoisotopic (exact) mass is 482 g/mol. The van der Waals surface area contributed by atoms with Crippen molar-refractivity contribution in [3.8, 4) is 17.7 Å². The second-order valence-corrected chi connectivity index (χ2v) is 8.56. The summed E-state index contributed by atoms with van der Waals surface area (Å²) in [5.74, 6) is -0.376. The van der Waals surface area contributed by atoms with Crippen LogP contribution in [0.25, 0.3) is 11.7 Å². The number of nitrogens with one attached hydrogen (secondary N) is 1. The summed E-state index contributed by atoms with van der Waals surface area (Å²) >= 11 is 12.2. The molecule has 0 bridgehead atoms. The Bertz CT molecular complexity index is 1340. The standard InChI is InChI=1S/C24H20Cl2N4O3/c25-16-9-10-20(19(26)13-16)33-23-18(24(32)30-11-5-4-8-21(30)29-23)12-15(14-27)22(31)28-17-6-2-1-3-7-17/h4-5,8-13,17H,1-3,6-7H2,(H,28,31)/b15-12+. The molecule has 0 aliphatic heterocycles. The summed E-state index contributed by atoms with van der Waals surface area (Å²) in [5, 5.41) is 13.2. The quantitative estimate of drug-likeness (QED) is 0.400. The zero-order valence-electron chi connectivity index (χ0n) is 17.6. The number of ether oxygens (including phenoxy) is 1. The van der Waals surface area contributed by atoms with E-state index in [1.807, 2.05) is 6.07 Å². The van der Waals surface area contributed by atoms with E-state index >= 15 is 0 Å². The average Bonchev–Trinajstić information content (AvgIpc) is 2.81. The zero-order chi connectivity index (χ0) is 23.4. The van der Waals surface area contributed by atoms with Crippen molar-refractivity contribution < 1.29 is 9.53 Å². The minimum absolute atomic E-state index is 0.0161. The third-order valence-electron chi connectivity index (χ3n) is 5.43. The van der Waals surface area contributed by atoms with Crippen molar-refractivity contribution in [3.63, 3.8) is 0 Å². The van der Waals surface area contributed by atoms with Gasteiger partial charge in [0.05, 0.1) is 5.02 Å². The second-order valence-electron chi connectivity index (χ2n) is 7.72. The molecule has 33 heavy (non-hydrogen) atoms. The molecule has 4 rings (SSSR count). The van der Waals surface area contributed by atoms with Crippen LogP contribution in [0.2, 0.25) is 10.0 Å². The smallest absolute Gasteiger partial charge is 0.269 e. The van der Waals surface area contributed by atoms with Crippen LogP contribution < -0.4 is 15.6 Å². The Kier molecular flexibility index (Phi) is 6.97. The molecule has 0 radical (unpaired) electrons. The molecule has 7 nitrogen and oxygen atoms in total. The fraction of sp³-hybridized carbons (Fsp3) is 0.250. The molecule has 1 aliphatic rings. The molecule has 1 amide bonds. The number of carbonyl (C=O) groups is 1. The van der Waals surface area contributed by atoms with Crippen LogP contribution in [0.1, 0.15) is 37.7 Å². The zero-order valence-corrected chi connectivity index (χ0v) is 19.1. The molecule has 0 spiro atoms. The summed E-state index contributed by atoms with van der Waals surface area (Å²) in [7, 11) is 0. The number of nitrogens with zero attached hydrogens (tertiary/aromatic N) is 3. The van der Waals surface area contributed by atoms with E-state index in [0.717, 1.165) is 32.1 Å². The fourth-order valence-electron chi connectivity index (χ4n) is 3.75. The Morgan fingerprint density at radius 2 is 2.00 bits per heavy atom. The largest absolute Gasteiger partial charge is 0.437 e. The molecule has 2 aromatic heterocycles. The van der Waals surface area contributed by atoms with E-state index in [9.17, 15) is 14.9 Å². The van der Waals surface area contributed by atoms with E-state index in [0.29, 0.717) is 10.7 Å². The van der Waals surface area contributed by atoms with Crippen molar-refractivity contribution in [2.24, 2.45) is 0 Å². The predicted octanol–water partition coefficient (Wildman–Crippen LogP) is 5.15. The first-order valence-electron chi connectivity index (χ1n) is 10.5. The molecule has 1 aromatic carbocycles. The average molecular weight is 483 g/mol. The Hall–Kier alpha value is -3.34. The number of carbonyl (C=O) groups excluding carboxylic acids is 1. The number of benzene rings is 1. The van der Waals surface area contributed by atoms with Gasteiger partial charge in [-0.2, -0.15) is 10.2 Å². The summed E-state index contributed by atoms with van der Waals surface area (Å²) in [6, 6.07) is 11.6. The lowest BCUT2D eigenvalue weighted by Gasteiger charge is -2.22. The number of hydrogen-bond acceptors (Lipinski definition) is 5. The molecule has 1 fully saturated rings. The first-order chi connectivity index (χ1) is 16.0. The molecule has 0 unspecified atom stereocenters. The molecule has 0 atom stereocenters. The van der Waals surface area contributed by atoms with Gasteiger partial charge in [-0.1, -0.05) is 48.5 Å². The molecule has 0 saturated heterocycles. The lowest BCUT2D eigenvalue weighted by atomic mass is 9.95. The van der Waals surface area contributed by atoms with Gasteiger partial charge in [-0.3, -0.25) is 14.0 Å². The molecule has 1 saturated carbocycles. The van der Waals surface area contributed by atoms with Gasteiger partial charge in [-0.25, -0.2) is 0 Å². The van der Waals surface area contributed by atoms with E-state index in [1.54, 1.807) is 36.5 Å². The number of aromatic nitrogens is 2. The first kappa shape index (κ1) is 22.8. The van der Waals surface area contributed by atoms with Gasteiger partial charge < -0.3 is 10.1 Å². The van der Waals surface area contributed by atoms with Crippen LogP contribution in [0.15, 0.2) is 53.0 Å². The fourth-order valence-corrected chi connectivity index (χ4v) is 4.20. The van der Waals surface area contributed by atoms with Crippen LogP contribution in [0, 0.1) is 11.3 Å². The van der Waals surface area contributed by atoms with Crippen molar-refractivity contribution in [3.05, 3.63) is 74.1 Å². The SMILES string of the molecule is N#C/C(=C\c1c(Oc2ccc(Cl)cc2Cl)nc2ccccn2c1=O)C(=O)NC1CCCCC1. The summed E-state index contributed by atoms with van der Waals surface area (Å²) < 4.78 is 7.17. The molecule has 168 valence electrons. The maximum absolute atomic E-state index is 13.2. The molecule has 2 heterocycles. The Morgan fingerprint density at radius 3 is 2.73 bits per heavy atom. The molecule has 1 aliphatic carbocycles. The summed E-state index contributed by atoms with van der Waals surface area (Å²) in [6.45, 7) is 0. The molecule has 9 heteroatoms. The third-order valence-corrected chi connectivity index (χ3v) is 5.96. The summed E-state index contributed by atoms with van der Waals surface area (Å²) in [4.78, 5) is 30.4. The van der Waals surface area contributed by atoms with Crippen LogP contribution in [0.5, 0.6) is 11.6 Å². The van der Waals surface area contributed by atoms with Crippen LogP contribution >= 0.6 is 23.2 Å². The van der Waals surface area contributed by atoms with Gasteiger partial charge in [0.25, 0.3) is 11.5 Å². The highest BCUT2D eigenvalue weighted by Crippen LogP contribution is 2.32. The van der Waals surface area contributed by atoms with E-state index in [1.165, 1.54) is 16.5 Å². The topological polar surface area (TPSA) is 96.5 Å². The van der Waals surface area contributed by atoms with Gasteiger partial charge >= 0.3 is 0 Å². The van der Waals surface area contributed by atoms with Crippen molar-refractivity contribution in [2.75, 3.05) is 0 Å². The van der Waals surface area contributed by atoms with Gasteiger partial charge in [-0.15, -0.1) is 0 Å². The molecular weight excluding hydrogens is 463 g/mol. The molecule has 3 aromatic rings. The number of fused-ring (bicyclic) bond motifs is 1. The van der Waals surface area contributed by atoms with Gasteiger partial charge in [0.2, 0.25) is 5.88 Å². The Balaban J connectivity index is 1.77. The van der Waals surface area contributed by atoms with Crippen molar-refractivity contribution >= 4 is 40.8 Å². The summed E-state index contributed by atoms with van der Waals surface area (Å²) in [5.41, 5.74) is -0.397. The van der Waals surface area contributed by atoms with E-state index in [4.69, 9.17) is 27.9 Å². The highest BCUT2D eigenvalue weighted by Gasteiger charge is 2.21. The normalized spacial score (nSPS) is 14.6. The van der Waals surface area contributed by atoms with Gasteiger partial charge in [0.1, 0.15) is 28.6 Å².